The van der Waals surface area contributed by atoms with Crippen LogP contribution in [0.2, 0.25) is 0 Å². The lowest BCUT2D eigenvalue weighted by Crippen LogP contribution is -2.32. The Kier molecular flexibility index (Phi) is 11.3. The van der Waals surface area contributed by atoms with Gasteiger partial charge in [-0.1, -0.05) is 92.6 Å². The molecule has 0 saturated heterocycles. The number of halogens is 6. The number of rotatable bonds is 7. The van der Waals surface area contributed by atoms with Crippen LogP contribution in [0.4, 0.5) is 26.3 Å². The van der Waals surface area contributed by atoms with E-state index in [4.69, 9.17) is 9.72 Å². The summed E-state index contributed by atoms with van der Waals surface area (Å²) in [4.78, 5) is 4.84. The van der Waals surface area contributed by atoms with Gasteiger partial charge in [0.25, 0.3) is 6.33 Å². The third-order valence-corrected chi connectivity index (χ3v) is 13.2. The van der Waals surface area contributed by atoms with Gasteiger partial charge >= 0.3 is 0 Å². The SMILES string of the molecule is CC(C)(C)c1cc(Oc2ccc3c4ccccc4n(-c4cc(C(C)(C)C)ccn4)c3c2)cc(-n2c[n+](-c3c(-c4c(F)cc(F)cc4F)cc(C(C)(C)C)cc3-c3c(F)cc(F)cc3F)c3ccccc32)c1. The zero-order chi connectivity index (χ0) is 50.5. The van der Waals surface area contributed by atoms with Crippen molar-refractivity contribution in [3.05, 3.63) is 198 Å². The van der Waals surface area contributed by atoms with Gasteiger partial charge in [0.1, 0.15) is 63.6 Å². The number of ether oxygens (including phenoxy) is 1. The summed E-state index contributed by atoms with van der Waals surface area (Å²) in [5.41, 5.74) is 3.41. The molecule has 0 radical (unpaired) electrons. The first kappa shape index (κ1) is 47.0. The van der Waals surface area contributed by atoms with Crippen molar-refractivity contribution in [3.63, 3.8) is 0 Å². The lowest BCUT2D eigenvalue weighted by atomic mass is 9.82. The van der Waals surface area contributed by atoms with Crippen molar-refractivity contribution < 1.29 is 35.6 Å². The summed E-state index contributed by atoms with van der Waals surface area (Å²) in [6.07, 6.45) is 3.52. The third-order valence-electron chi connectivity index (χ3n) is 13.2. The summed E-state index contributed by atoms with van der Waals surface area (Å²) >= 11 is 0. The molecule has 0 fully saturated rings. The van der Waals surface area contributed by atoms with Crippen LogP contribution in [0.15, 0.2) is 146 Å². The van der Waals surface area contributed by atoms with E-state index in [1.807, 2.05) is 98.3 Å². The number of aromatic nitrogens is 4. The number of para-hydroxylation sites is 3. The van der Waals surface area contributed by atoms with Gasteiger partial charge < -0.3 is 4.74 Å². The summed E-state index contributed by atoms with van der Waals surface area (Å²) < 4.78 is 107. The van der Waals surface area contributed by atoms with Gasteiger partial charge in [-0.3, -0.25) is 4.57 Å². The molecule has 0 aliphatic rings. The molecule has 11 heteroatoms. The third kappa shape index (κ3) is 8.51. The van der Waals surface area contributed by atoms with Gasteiger partial charge in [-0.15, -0.1) is 0 Å². The van der Waals surface area contributed by atoms with Crippen LogP contribution < -0.4 is 9.30 Å². The fourth-order valence-electron chi connectivity index (χ4n) is 9.42. The summed E-state index contributed by atoms with van der Waals surface area (Å²) in [7, 11) is 0. The molecule has 0 saturated carbocycles. The largest absolute Gasteiger partial charge is 0.457 e. The summed E-state index contributed by atoms with van der Waals surface area (Å²) in [5.74, 6) is -5.32. The van der Waals surface area contributed by atoms with Gasteiger partial charge in [0.05, 0.1) is 22.2 Å². The molecule has 5 nitrogen and oxygen atoms in total. The maximum atomic E-state index is 16.2. The number of pyridine rings is 1. The minimum absolute atomic E-state index is 0.0311. The van der Waals surface area contributed by atoms with Crippen LogP contribution in [0, 0.1) is 34.9 Å². The molecule has 3 aromatic heterocycles. The molecule has 0 spiro atoms. The summed E-state index contributed by atoms with van der Waals surface area (Å²) in [6.45, 7) is 18.3. The average Bonchev–Trinajstić information content (AvgIpc) is 3.83. The number of hydrogen-bond donors (Lipinski definition) is 0. The van der Waals surface area contributed by atoms with Crippen molar-refractivity contribution in [2.75, 3.05) is 0 Å². The lowest BCUT2D eigenvalue weighted by molar-refractivity contribution is -0.566. The highest BCUT2D eigenvalue weighted by atomic mass is 19.2. The maximum Gasteiger partial charge on any atom is 0.255 e. The molecule has 10 aromatic rings. The van der Waals surface area contributed by atoms with Crippen molar-refractivity contribution in [2.24, 2.45) is 0 Å². The molecule has 10 rings (SSSR count). The van der Waals surface area contributed by atoms with E-state index < -0.39 is 56.9 Å². The van der Waals surface area contributed by atoms with Crippen LogP contribution in [0.25, 0.3) is 72.3 Å². The van der Waals surface area contributed by atoms with Crippen molar-refractivity contribution in [3.8, 4) is 50.9 Å². The smallest absolute Gasteiger partial charge is 0.255 e. The van der Waals surface area contributed by atoms with Gasteiger partial charge in [0.15, 0.2) is 11.0 Å². The van der Waals surface area contributed by atoms with Crippen LogP contribution in [-0.4, -0.2) is 14.1 Å². The topological polar surface area (TPSA) is 35.9 Å². The molecule has 3 heterocycles. The Morgan fingerprint density at radius 3 is 1.61 bits per heavy atom. The molecule has 0 N–H and O–H groups in total. The zero-order valence-electron chi connectivity index (χ0n) is 40.8. The minimum Gasteiger partial charge on any atom is -0.457 e. The summed E-state index contributed by atoms with van der Waals surface area (Å²) in [6, 6.07) is 36.8. The zero-order valence-corrected chi connectivity index (χ0v) is 40.8. The van der Waals surface area contributed by atoms with E-state index in [2.05, 4.69) is 64.3 Å². The highest BCUT2D eigenvalue weighted by Crippen LogP contribution is 2.43. The first-order valence-electron chi connectivity index (χ1n) is 23.4. The minimum atomic E-state index is -1.22. The van der Waals surface area contributed by atoms with Crippen LogP contribution in [0.3, 0.4) is 0 Å². The molecule has 0 atom stereocenters. The molecule has 7 aromatic carbocycles. The van der Waals surface area contributed by atoms with Crippen molar-refractivity contribution in [1.29, 1.82) is 0 Å². The van der Waals surface area contributed by atoms with E-state index in [0.717, 1.165) is 38.8 Å². The second-order valence-corrected chi connectivity index (χ2v) is 21.3. The normalized spacial score (nSPS) is 12.4. The Balaban J connectivity index is 1.20. The van der Waals surface area contributed by atoms with E-state index in [9.17, 15) is 8.78 Å². The fourth-order valence-corrected chi connectivity index (χ4v) is 9.42. The van der Waals surface area contributed by atoms with E-state index in [-0.39, 0.29) is 22.2 Å². The monoisotopic (exact) mass is 957 g/mol. The van der Waals surface area contributed by atoms with Crippen LogP contribution in [-0.2, 0) is 16.2 Å². The standard InChI is InChI=1S/C60H51F6N4O/c1-58(2,3)34-20-21-67-54(26-34)70-50-15-11-10-14-42(50)43-19-18-40(32-53(43)70)71-41-23-35(59(4,5)6)22-39(31-41)68-33-69(52-17-13-12-16-51(52)68)57-44(55-46(63)27-37(61)28-47(55)64)24-36(60(7,8)9)25-45(57)56-48(65)29-38(62)30-49(56)66/h10-33H,1-9H3/q+1. The van der Waals surface area contributed by atoms with E-state index >= 15 is 17.6 Å². The Labute approximate surface area is 408 Å². The number of imidazole rings is 1. The first-order valence-corrected chi connectivity index (χ1v) is 23.4. The Bertz CT molecular complexity index is 3650. The molecule has 358 valence electrons. The van der Waals surface area contributed by atoms with Crippen LogP contribution >= 0.6 is 0 Å². The predicted octanol–water partition coefficient (Wildman–Crippen LogP) is 16.3. The second kappa shape index (κ2) is 17.0. The maximum absolute atomic E-state index is 16.2. The molecule has 0 unspecified atom stereocenters. The highest BCUT2D eigenvalue weighted by Gasteiger charge is 2.33. The Morgan fingerprint density at radius 1 is 0.479 bits per heavy atom. The molecule has 0 amide bonds. The molecular formula is C60H51F6N4O+. The van der Waals surface area contributed by atoms with E-state index in [1.165, 1.54) is 0 Å². The molecule has 0 aliphatic carbocycles. The van der Waals surface area contributed by atoms with Gasteiger partial charge in [-0.25, -0.2) is 31.3 Å². The highest BCUT2D eigenvalue weighted by molar-refractivity contribution is 6.09. The Hall–Kier alpha value is -7.66. The van der Waals surface area contributed by atoms with Crippen molar-refractivity contribution in [1.82, 2.24) is 14.1 Å². The Morgan fingerprint density at radius 2 is 1.01 bits per heavy atom. The lowest BCUT2D eigenvalue weighted by Gasteiger charge is -2.24. The first-order chi connectivity index (χ1) is 33.5. The second-order valence-electron chi connectivity index (χ2n) is 21.3. The molecule has 71 heavy (non-hydrogen) atoms. The number of nitrogens with zero attached hydrogens (tertiary/aromatic N) is 4. The van der Waals surface area contributed by atoms with Crippen molar-refractivity contribution >= 4 is 32.8 Å². The predicted molar refractivity (Wildman–Crippen MR) is 270 cm³/mol. The van der Waals surface area contributed by atoms with Gasteiger partial charge in [0.2, 0.25) is 0 Å². The van der Waals surface area contributed by atoms with Crippen LogP contribution in [0.1, 0.15) is 79.0 Å². The average molecular weight is 958 g/mol. The van der Waals surface area contributed by atoms with Crippen molar-refractivity contribution in [2.45, 2.75) is 78.6 Å². The fraction of sp³-hybridized carbons (Fsp3) is 0.200. The summed E-state index contributed by atoms with van der Waals surface area (Å²) in [5, 5.41) is 2.09. The van der Waals surface area contributed by atoms with Crippen LogP contribution in [0.5, 0.6) is 11.5 Å². The number of benzene rings is 7. The van der Waals surface area contributed by atoms with E-state index in [0.29, 0.717) is 58.0 Å². The van der Waals surface area contributed by atoms with E-state index in [1.54, 1.807) is 35.2 Å². The van der Waals surface area contributed by atoms with Gasteiger partial charge in [-0.05, 0) is 99.7 Å². The van der Waals surface area contributed by atoms with Gasteiger partial charge in [0, 0.05) is 64.5 Å². The quantitative estimate of drug-likeness (QED) is 0.118. The molecule has 0 aliphatic heterocycles. The number of hydrogen-bond acceptors (Lipinski definition) is 2. The number of fused-ring (bicyclic) bond motifs is 4. The van der Waals surface area contributed by atoms with Gasteiger partial charge in [-0.2, -0.15) is 9.13 Å². The molecular weight excluding hydrogens is 907 g/mol. The molecule has 0 bridgehead atoms.